The Kier molecular flexibility index (Phi) is 4.16. The first-order valence-corrected chi connectivity index (χ1v) is 7.74. The molecule has 2 atom stereocenters. The number of nitrogens with zero attached hydrogens (tertiary/aromatic N) is 2. The molecular weight excluding hydrogens is 304 g/mol. The number of rotatable bonds is 4. The van der Waals surface area contributed by atoms with Crippen molar-refractivity contribution in [3.05, 3.63) is 77.3 Å². The van der Waals surface area contributed by atoms with Gasteiger partial charge < -0.3 is 10.0 Å². The zero-order valence-electron chi connectivity index (χ0n) is 13.5. The molecule has 1 amide bonds. The molecule has 1 aliphatic heterocycles. The van der Waals surface area contributed by atoms with Crippen LogP contribution in [0.5, 0.6) is 0 Å². The molecule has 0 saturated carbocycles. The van der Waals surface area contributed by atoms with Crippen molar-refractivity contribution in [1.82, 2.24) is 9.88 Å². The van der Waals surface area contributed by atoms with Crippen LogP contribution in [0.3, 0.4) is 0 Å². The molecule has 5 nitrogen and oxygen atoms in total. The fourth-order valence-electron chi connectivity index (χ4n) is 3.15. The summed E-state index contributed by atoms with van der Waals surface area (Å²) in [4.78, 5) is 30.3. The maximum absolute atomic E-state index is 12.7. The molecule has 2 heterocycles. The lowest BCUT2D eigenvalue weighted by atomic mass is 9.96. The molecule has 0 aliphatic carbocycles. The van der Waals surface area contributed by atoms with E-state index in [4.69, 9.17) is 0 Å². The van der Waals surface area contributed by atoms with Crippen molar-refractivity contribution in [2.45, 2.75) is 25.9 Å². The monoisotopic (exact) mass is 322 g/mol. The Hall–Kier alpha value is -2.95. The Morgan fingerprint density at radius 3 is 2.38 bits per heavy atom. The number of aliphatic hydroxyl groups is 1. The van der Waals surface area contributed by atoms with Crippen molar-refractivity contribution in [2.24, 2.45) is 0 Å². The Labute approximate surface area is 140 Å². The molecule has 1 aliphatic rings. The second-order valence-corrected chi connectivity index (χ2v) is 5.80. The van der Waals surface area contributed by atoms with Gasteiger partial charge in [-0.25, -0.2) is 0 Å². The van der Waals surface area contributed by atoms with Crippen LogP contribution in [0.15, 0.2) is 66.2 Å². The Bertz CT molecular complexity index is 800. The second kappa shape index (κ2) is 6.28. The van der Waals surface area contributed by atoms with Gasteiger partial charge in [0.1, 0.15) is 0 Å². The van der Waals surface area contributed by atoms with E-state index >= 15 is 0 Å². The van der Waals surface area contributed by atoms with E-state index in [1.807, 2.05) is 37.3 Å². The van der Waals surface area contributed by atoms with Crippen molar-refractivity contribution in [3.8, 4) is 0 Å². The Morgan fingerprint density at radius 2 is 1.79 bits per heavy atom. The van der Waals surface area contributed by atoms with E-state index in [2.05, 4.69) is 4.98 Å². The van der Waals surface area contributed by atoms with E-state index in [9.17, 15) is 14.7 Å². The molecule has 24 heavy (non-hydrogen) atoms. The van der Waals surface area contributed by atoms with E-state index in [0.717, 1.165) is 11.1 Å². The van der Waals surface area contributed by atoms with E-state index in [0.29, 0.717) is 0 Å². The molecule has 0 spiro atoms. The summed E-state index contributed by atoms with van der Waals surface area (Å²) in [5.41, 5.74) is 1.81. The van der Waals surface area contributed by atoms with Gasteiger partial charge in [0, 0.05) is 12.4 Å². The molecule has 1 aromatic carbocycles. The number of hydrogen-bond donors (Lipinski definition) is 1. The van der Waals surface area contributed by atoms with Crippen molar-refractivity contribution in [3.63, 3.8) is 0 Å². The number of carbonyl (C=O) groups excluding carboxylic acids is 2. The highest BCUT2D eigenvalue weighted by Crippen LogP contribution is 2.42. The van der Waals surface area contributed by atoms with Crippen molar-refractivity contribution < 1.29 is 14.7 Å². The van der Waals surface area contributed by atoms with Gasteiger partial charge in [0.2, 0.25) is 0 Å². The maximum atomic E-state index is 12.7. The van der Waals surface area contributed by atoms with Gasteiger partial charge in [0.15, 0.2) is 11.5 Å². The third kappa shape index (κ3) is 2.58. The molecule has 1 aromatic heterocycles. The van der Waals surface area contributed by atoms with Gasteiger partial charge in [-0.1, -0.05) is 30.3 Å². The highest BCUT2D eigenvalue weighted by atomic mass is 16.3. The summed E-state index contributed by atoms with van der Waals surface area (Å²) >= 11 is 0. The molecule has 5 heteroatoms. The number of Topliss-reactive ketones (excluding diaryl/α,β-unsaturated/α-hetero) is 1. The van der Waals surface area contributed by atoms with Crippen molar-refractivity contribution in [2.75, 3.05) is 0 Å². The van der Waals surface area contributed by atoms with Crippen LogP contribution in [0.25, 0.3) is 0 Å². The Morgan fingerprint density at radius 1 is 1.17 bits per heavy atom. The fourth-order valence-corrected chi connectivity index (χ4v) is 3.15. The van der Waals surface area contributed by atoms with E-state index in [1.165, 1.54) is 6.92 Å². The van der Waals surface area contributed by atoms with Crippen LogP contribution >= 0.6 is 0 Å². The normalized spacial score (nSPS) is 18.8. The highest BCUT2D eigenvalue weighted by molar-refractivity contribution is 6.08. The summed E-state index contributed by atoms with van der Waals surface area (Å²) < 4.78 is 0. The molecule has 1 N–H and O–H groups in total. The summed E-state index contributed by atoms with van der Waals surface area (Å²) in [5, 5.41) is 10.3. The number of benzene rings is 1. The molecule has 122 valence electrons. The zero-order valence-corrected chi connectivity index (χ0v) is 13.5. The van der Waals surface area contributed by atoms with Crippen LogP contribution in [-0.2, 0) is 9.59 Å². The fraction of sp³-hybridized carbons (Fsp3) is 0.211. The lowest BCUT2D eigenvalue weighted by molar-refractivity contribution is -0.131. The molecule has 2 aromatic rings. The van der Waals surface area contributed by atoms with Gasteiger partial charge in [-0.05, 0) is 37.1 Å². The largest absolute Gasteiger partial charge is 0.503 e. The number of ketones is 1. The zero-order chi connectivity index (χ0) is 17.3. The average molecular weight is 322 g/mol. The van der Waals surface area contributed by atoms with Crippen molar-refractivity contribution in [1.29, 1.82) is 0 Å². The van der Waals surface area contributed by atoms with Crippen LogP contribution in [0.1, 0.15) is 37.1 Å². The summed E-state index contributed by atoms with van der Waals surface area (Å²) in [6.45, 7) is 3.25. The number of aliphatic hydroxyl groups excluding tert-OH is 1. The van der Waals surface area contributed by atoms with Gasteiger partial charge >= 0.3 is 0 Å². The SMILES string of the molecule is CC(=O)C1=C(O)C(=O)N(C(C)c2ccccc2)C1c1ccncc1. The van der Waals surface area contributed by atoms with Crippen LogP contribution in [0.2, 0.25) is 0 Å². The number of aromatic nitrogens is 1. The predicted molar refractivity (Wildman–Crippen MR) is 89.0 cm³/mol. The van der Waals surface area contributed by atoms with E-state index in [1.54, 1.807) is 29.4 Å². The molecule has 2 unspecified atom stereocenters. The predicted octanol–water partition coefficient (Wildman–Crippen LogP) is 3.13. The van der Waals surface area contributed by atoms with E-state index < -0.39 is 17.7 Å². The number of carbonyl (C=O) groups is 2. The van der Waals surface area contributed by atoms with Gasteiger partial charge in [-0.15, -0.1) is 0 Å². The van der Waals surface area contributed by atoms with Crippen LogP contribution < -0.4 is 0 Å². The molecule has 0 radical (unpaired) electrons. The first kappa shape index (κ1) is 15.9. The highest BCUT2D eigenvalue weighted by Gasteiger charge is 2.44. The quantitative estimate of drug-likeness (QED) is 0.939. The molecule has 3 rings (SSSR count). The standard InChI is InChI=1S/C19H18N2O3/c1-12(14-6-4-3-5-7-14)21-17(15-8-10-20-11-9-15)16(13(2)22)18(23)19(21)24/h3-12,17,23H,1-2H3. The first-order chi connectivity index (χ1) is 11.5. The molecule has 0 fully saturated rings. The lowest BCUT2D eigenvalue weighted by Crippen LogP contribution is -2.33. The first-order valence-electron chi connectivity index (χ1n) is 7.74. The summed E-state index contributed by atoms with van der Waals surface area (Å²) in [7, 11) is 0. The average Bonchev–Trinajstić information content (AvgIpc) is 2.87. The van der Waals surface area contributed by atoms with Gasteiger partial charge in [-0.2, -0.15) is 0 Å². The number of pyridine rings is 1. The second-order valence-electron chi connectivity index (χ2n) is 5.80. The van der Waals surface area contributed by atoms with Crippen molar-refractivity contribution >= 4 is 11.7 Å². The van der Waals surface area contributed by atoms with Crippen LogP contribution in [-0.4, -0.2) is 26.7 Å². The van der Waals surface area contributed by atoms with Gasteiger partial charge in [-0.3, -0.25) is 14.6 Å². The van der Waals surface area contributed by atoms with Crippen LogP contribution in [0, 0.1) is 0 Å². The molecular formula is C19H18N2O3. The Balaban J connectivity index is 2.11. The summed E-state index contributed by atoms with van der Waals surface area (Å²) in [6, 6.07) is 12.1. The van der Waals surface area contributed by atoms with Gasteiger partial charge in [0.25, 0.3) is 5.91 Å². The smallest absolute Gasteiger partial charge is 0.290 e. The van der Waals surface area contributed by atoms with Crippen LogP contribution in [0.4, 0.5) is 0 Å². The van der Waals surface area contributed by atoms with Gasteiger partial charge in [0.05, 0.1) is 17.7 Å². The minimum atomic E-state index is -0.617. The number of hydrogen-bond acceptors (Lipinski definition) is 4. The lowest BCUT2D eigenvalue weighted by Gasteiger charge is -2.32. The molecule has 0 saturated heterocycles. The minimum absolute atomic E-state index is 0.133. The third-order valence-electron chi connectivity index (χ3n) is 4.34. The minimum Gasteiger partial charge on any atom is -0.503 e. The maximum Gasteiger partial charge on any atom is 0.290 e. The molecule has 0 bridgehead atoms. The third-order valence-corrected chi connectivity index (χ3v) is 4.34. The van der Waals surface area contributed by atoms with E-state index in [-0.39, 0.29) is 17.4 Å². The topological polar surface area (TPSA) is 70.5 Å². The summed E-state index contributed by atoms with van der Waals surface area (Å²) in [5.74, 6) is -1.31. The number of amides is 1. The summed E-state index contributed by atoms with van der Waals surface area (Å²) in [6.07, 6.45) is 3.22.